The fourth-order valence-electron chi connectivity index (χ4n) is 0.813. The Bertz CT molecular complexity index is 243. The van der Waals surface area contributed by atoms with Crippen LogP contribution in [0.3, 0.4) is 0 Å². The third-order valence-electron chi connectivity index (χ3n) is 1.38. The molecule has 0 N–H and O–H groups in total. The molecule has 7 heteroatoms. The molecule has 0 unspecified atom stereocenters. The van der Waals surface area contributed by atoms with E-state index in [2.05, 4.69) is 13.2 Å². The SMILES string of the molecule is C=Cc1cccc(C=C)c1.Cl.Cl.Cl.Cl.Cl.Cl.[Pt]. The number of rotatable bonds is 2. The molecule has 1 aromatic rings. The molecule has 108 valence electrons. The molecule has 0 amide bonds. The molecular weight excluding hydrogens is 528 g/mol. The van der Waals surface area contributed by atoms with Crippen LogP contribution in [0.4, 0.5) is 0 Å². The van der Waals surface area contributed by atoms with Gasteiger partial charge in [0.05, 0.1) is 0 Å². The van der Waals surface area contributed by atoms with E-state index >= 15 is 0 Å². The second-order valence-electron chi connectivity index (χ2n) is 2.08. The van der Waals surface area contributed by atoms with Gasteiger partial charge in [0.1, 0.15) is 0 Å². The van der Waals surface area contributed by atoms with Crippen LogP contribution in [0.1, 0.15) is 11.1 Å². The molecule has 0 radical (unpaired) electrons. The van der Waals surface area contributed by atoms with Gasteiger partial charge < -0.3 is 0 Å². The molecule has 17 heavy (non-hydrogen) atoms. The fraction of sp³-hybridized carbons (Fsp3) is 0. The molecule has 0 aromatic heterocycles. The van der Waals surface area contributed by atoms with Crippen LogP contribution in [0, 0.1) is 0 Å². The van der Waals surface area contributed by atoms with Crippen LogP contribution in [-0.2, 0) is 21.1 Å². The van der Waals surface area contributed by atoms with Gasteiger partial charge in [-0.25, -0.2) is 0 Å². The first kappa shape index (κ1) is 42.9. The summed E-state index contributed by atoms with van der Waals surface area (Å²) in [6.45, 7) is 7.34. The number of hydrogen-bond acceptors (Lipinski definition) is 0. The van der Waals surface area contributed by atoms with Crippen LogP contribution < -0.4 is 0 Å². The second-order valence-corrected chi connectivity index (χ2v) is 2.08. The Labute approximate surface area is 155 Å². The van der Waals surface area contributed by atoms with Crippen molar-refractivity contribution in [2.45, 2.75) is 0 Å². The summed E-state index contributed by atoms with van der Waals surface area (Å²) in [5, 5.41) is 0. The maximum atomic E-state index is 3.67. The van der Waals surface area contributed by atoms with Gasteiger partial charge in [-0.05, 0) is 17.2 Å². The molecule has 0 saturated carbocycles. The summed E-state index contributed by atoms with van der Waals surface area (Å²) in [4.78, 5) is 0. The van der Waals surface area contributed by atoms with Gasteiger partial charge in [0.25, 0.3) is 0 Å². The maximum Gasteiger partial charge on any atom is 0 e. The van der Waals surface area contributed by atoms with E-state index in [1.54, 1.807) is 0 Å². The Morgan fingerprint density at radius 3 is 1.24 bits per heavy atom. The van der Waals surface area contributed by atoms with Crippen LogP contribution >= 0.6 is 74.4 Å². The summed E-state index contributed by atoms with van der Waals surface area (Å²) < 4.78 is 0. The minimum absolute atomic E-state index is 0. The van der Waals surface area contributed by atoms with Gasteiger partial charge in [-0.2, -0.15) is 0 Å². The molecule has 1 rings (SSSR count). The molecule has 0 atom stereocenters. The summed E-state index contributed by atoms with van der Waals surface area (Å²) in [6.07, 6.45) is 3.65. The molecule has 1 aromatic carbocycles. The Balaban J connectivity index is -0.0000000286. The fourth-order valence-corrected chi connectivity index (χ4v) is 0.813. The summed E-state index contributed by atoms with van der Waals surface area (Å²) in [7, 11) is 0. The largest absolute Gasteiger partial charge is 0.147 e. The van der Waals surface area contributed by atoms with Crippen molar-refractivity contribution < 1.29 is 21.1 Å². The third kappa shape index (κ3) is 17.1. The van der Waals surface area contributed by atoms with E-state index in [0.717, 1.165) is 11.1 Å². The Morgan fingerprint density at radius 2 is 1.00 bits per heavy atom. The summed E-state index contributed by atoms with van der Waals surface area (Å²) in [5.74, 6) is 0. The van der Waals surface area contributed by atoms with E-state index in [1.165, 1.54) is 0 Å². The summed E-state index contributed by atoms with van der Waals surface area (Å²) in [6, 6.07) is 8.06. The summed E-state index contributed by atoms with van der Waals surface area (Å²) >= 11 is 0. The minimum atomic E-state index is 0. The third-order valence-corrected chi connectivity index (χ3v) is 1.38. The van der Waals surface area contributed by atoms with Gasteiger partial charge in [-0.1, -0.05) is 43.5 Å². The van der Waals surface area contributed by atoms with Gasteiger partial charge in [0, 0.05) is 21.1 Å². The van der Waals surface area contributed by atoms with Gasteiger partial charge in [-0.15, -0.1) is 74.4 Å². The monoisotopic (exact) mass is 541 g/mol. The molecule has 0 nitrogen and oxygen atoms in total. The number of hydrogen-bond donors (Lipinski definition) is 0. The molecule has 0 fully saturated rings. The van der Waals surface area contributed by atoms with Gasteiger partial charge in [0.15, 0.2) is 0 Å². The number of halogens is 6. The van der Waals surface area contributed by atoms with Crippen LogP contribution in [0.25, 0.3) is 12.2 Å². The summed E-state index contributed by atoms with van der Waals surface area (Å²) in [5.41, 5.74) is 2.27. The van der Waals surface area contributed by atoms with Crippen molar-refractivity contribution in [2.24, 2.45) is 0 Å². The maximum absolute atomic E-state index is 3.67. The Morgan fingerprint density at radius 1 is 0.706 bits per heavy atom. The molecule has 0 heterocycles. The molecule has 0 saturated heterocycles. The van der Waals surface area contributed by atoms with Crippen molar-refractivity contribution in [1.29, 1.82) is 0 Å². The van der Waals surface area contributed by atoms with Gasteiger partial charge in [0.2, 0.25) is 0 Å². The smallest absolute Gasteiger partial charge is 0 e. The van der Waals surface area contributed by atoms with Crippen molar-refractivity contribution in [3.05, 3.63) is 48.6 Å². The van der Waals surface area contributed by atoms with Crippen LogP contribution in [0.2, 0.25) is 0 Å². The average Bonchev–Trinajstić information content (AvgIpc) is 2.05. The Hall–Kier alpha value is 1.13. The van der Waals surface area contributed by atoms with E-state index in [0.29, 0.717) is 0 Å². The van der Waals surface area contributed by atoms with Crippen molar-refractivity contribution in [2.75, 3.05) is 0 Å². The van der Waals surface area contributed by atoms with E-state index in [4.69, 9.17) is 0 Å². The zero-order chi connectivity index (χ0) is 7.40. The first-order valence-electron chi connectivity index (χ1n) is 3.22. The topological polar surface area (TPSA) is 0 Å². The first-order chi connectivity index (χ1) is 4.86. The Kier molecular flexibility index (Phi) is 65.3. The zero-order valence-corrected chi connectivity index (χ0v) is 15.8. The van der Waals surface area contributed by atoms with E-state index in [1.807, 2.05) is 36.4 Å². The minimum Gasteiger partial charge on any atom is -0.147 e. The van der Waals surface area contributed by atoms with E-state index in [9.17, 15) is 0 Å². The predicted molar refractivity (Wildman–Crippen MR) is 90.1 cm³/mol. The number of benzene rings is 1. The van der Waals surface area contributed by atoms with Crippen molar-refractivity contribution in [3.63, 3.8) is 0 Å². The van der Waals surface area contributed by atoms with E-state index in [-0.39, 0.29) is 95.5 Å². The first-order valence-corrected chi connectivity index (χ1v) is 3.22. The van der Waals surface area contributed by atoms with Crippen LogP contribution in [0.15, 0.2) is 37.4 Å². The molecule has 0 bridgehead atoms. The predicted octanol–water partition coefficient (Wildman–Crippen LogP) is 5.50. The van der Waals surface area contributed by atoms with Crippen molar-refractivity contribution in [1.82, 2.24) is 0 Å². The molecule has 0 aliphatic heterocycles. The molecular formula is C10H16Cl6Pt. The van der Waals surface area contributed by atoms with Crippen molar-refractivity contribution in [3.8, 4) is 0 Å². The van der Waals surface area contributed by atoms with Gasteiger partial charge >= 0.3 is 0 Å². The molecule has 0 spiro atoms. The standard InChI is InChI=1S/C10H10.6ClH.Pt/c1-3-9-6-5-7-10(4-2)8-9;;;;;;;/h3-8H,1-2H2;6*1H;. The van der Waals surface area contributed by atoms with Gasteiger partial charge in [-0.3, -0.25) is 0 Å². The normalized spacial score (nSPS) is 5.18. The molecule has 0 aliphatic carbocycles. The van der Waals surface area contributed by atoms with E-state index < -0.39 is 0 Å². The molecule has 0 aliphatic rings. The van der Waals surface area contributed by atoms with Crippen LogP contribution in [0.5, 0.6) is 0 Å². The second kappa shape index (κ2) is 25.9. The quantitative estimate of drug-likeness (QED) is 0.462. The van der Waals surface area contributed by atoms with Crippen molar-refractivity contribution >= 4 is 86.6 Å². The zero-order valence-electron chi connectivity index (χ0n) is 8.64. The average molecular weight is 544 g/mol. The van der Waals surface area contributed by atoms with Crippen LogP contribution in [-0.4, -0.2) is 0 Å².